The summed E-state index contributed by atoms with van der Waals surface area (Å²) in [7, 11) is 0. The monoisotopic (exact) mass is 275 g/mol. The third-order valence-corrected chi connectivity index (χ3v) is 3.90. The predicted octanol–water partition coefficient (Wildman–Crippen LogP) is 1.42. The van der Waals surface area contributed by atoms with E-state index in [1.54, 1.807) is 0 Å². The number of nitrogens with two attached hydrogens (primary N) is 1. The summed E-state index contributed by atoms with van der Waals surface area (Å²) in [4.78, 5) is 25.9. The van der Waals surface area contributed by atoms with E-state index < -0.39 is 5.54 Å². The van der Waals surface area contributed by atoms with Crippen LogP contribution in [-0.2, 0) is 10.3 Å². The molecule has 0 aliphatic carbocycles. The Morgan fingerprint density at radius 2 is 2.00 bits per heavy atom. The number of carbonyl (C=O) groups excluding carboxylic acids is 2. The van der Waals surface area contributed by atoms with Crippen molar-refractivity contribution in [2.45, 2.75) is 32.7 Å². The molecule has 1 aromatic carbocycles. The standard InChI is InChI=1S/C15H21N3O2/c1-4-15(12-6-5-10(2)9-11(12)3)13(19)18(8-7-16)14(20)17-15/h5-6,9H,4,7-8,16H2,1-3H3,(H,17,20). The zero-order valence-electron chi connectivity index (χ0n) is 12.2. The molecule has 1 atom stereocenters. The van der Waals surface area contributed by atoms with E-state index in [9.17, 15) is 9.59 Å². The van der Waals surface area contributed by atoms with Crippen molar-refractivity contribution in [3.05, 3.63) is 34.9 Å². The summed E-state index contributed by atoms with van der Waals surface area (Å²) in [6.45, 7) is 6.39. The largest absolute Gasteiger partial charge is 0.329 e. The highest BCUT2D eigenvalue weighted by atomic mass is 16.2. The van der Waals surface area contributed by atoms with Crippen molar-refractivity contribution in [2.75, 3.05) is 13.1 Å². The molecule has 5 nitrogen and oxygen atoms in total. The van der Waals surface area contributed by atoms with Crippen molar-refractivity contribution in [3.8, 4) is 0 Å². The second kappa shape index (κ2) is 5.25. The van der Waals surface area contributed by atoms with Gasteiger partial charge in [-0.05, 0) is 31.4 Å². The van der Waals surface area contributed by atoms with Gasteiger partial charge in [0.05, 0.1) is 0 Å². The zero-order chi connectivity index (χ0) is 14.9. The van der Waals surface area contributed by atoms with Crippen LogP contribution in [0.25, 0.3) is 0 Å². The van der Waals surface area contributed by atoms with Gasteiger partial charge in [-0.2, -0.15) is 0 Å². The average Bonchev–Trinajstić information content (AvgIpc) is 2.64. The molecule has 2 rings (SSSR count). The molecule has 1 unspecified atom stereocenters. The third-order valence-electron chi connectivity index (χ3n) is 3.90. The second-order valence-electron chi connectivity index (χ2n) is 5.25. The number of amides is 3. The fourth-order valence-electron chi connectivity index (χ4n) is 2.86. The van der Waals surface area contributed by atoms with Gasteiger partial charge >= 0.3 is 6.03 Å². The minimum atomic E-state index is -0.954. The quantitative estimate of drug-likeness (QED) is 0.816. The molecular weight excluding hydrogens is 254 g/mol. The Kier molecular flexibility index (Phi) is 3.81. The number of benzene rings is 1. The van der Waals surface area contributed by atoms with Crippen molar-refractivity contribution in [3.63, 3.8) is 0 Å². The fraction of sp³-hybridized carbons (Fsp3) is 0.467. The van der Waals surface area contributed by atoms with Crippen molar-refractivity contribution in [1.29, 1.82) is 0 Å². The molecule has 3 N–H and O–H groups in total. The molecule has 1 fully saturated rings. The summed E-state index contributed by atoms with van der Waals surface area (Å²) in [5.41, 5.74) is 7.53. The summed E-state index contributed by atoms with van der Waals surface area (Å²) in [6.07, 6.45) is 0.516. The number of imide groups is 1. The minimum Gasteiger partial charge on any atom is -0.329 e. The smallest absolute Gasteiger partial charge is 0.325 e. The zero-order valence-corrected chi connectivity index (χ0v) is 12.2. The molecule has 3 amide bonds. The van der Waals surface area contributed by atoms with Gasteiger partial charge in [0.2, 0.25) is 0 Å². The van der Waals surface area contributed by atoms with Gasteiger partial charge in [0.25, 0.3) is 5.91 Å². The van der Waals surface area contributed by atoms with Crippen LogP contribution < -0.4 is 11.1 Å². The van der Waals surface area contributed by atoms with Gasteiger partial charge in [0, 0.05) is 13.1 Å². The molecule has 1 aliphatic heterocycles. The van der Waals surface area contributed by atoms with Gasteiger partial charge in [0.1, 0.15) is 5.54 Å². The number of hydrogen-bond acceptors (Lipinski definition) is 3. The first-order valence-corrected chi connectivity index (χ1v) is 6.88. The maximum absolute atomic E-state index is 12.7. The Morgan fingerprint density at radius 1 is 1.30 bits per heavy atom. The molecule has 0 spiro atoms. The number of nitrogens with one attached hydrogen (secondary N) is 1. The number of nitrogens with zero attached hydrogens (tertiary/aromatic N) is 1. The molecule has 0 radical (unpaired) electrons. The van der Waals surface area contributed by atoms with Gasteiger partial charge in [-0.3, -0.25) is 9.69 Å². The first kappa shape index (κ1) is 14.5. The number of rotatable bonds is 4. The Labute approximate surface area is 119 Å². The van der Waals surface area contributed by atoms with Crippen LogP contribution in [0.3, 0.4) is 0 Å². The Hall–Kier alpha value is -1.88. The predicted molar refractivity (Wildman–Crippen MR) is 77.2 cm³/mol. The average molecular weight is 275 g/mol. The van der Waals surface area contributed by atoms with Crippen LogP contribution in [0.15, 0.2) is 18.2 Å². The van der Waals surface area contributed by atoms with Gasteiger partial charge in [-0.15, -0.1) is 0 Å². The van der Waals surface area contributed by atoms with E-state index in [1.165, 1.54) is 4.90 Å². The number of aryl methyl sites for hydroxylation is 2. The van der Waals surface area contributed by atoms with Gasteiger partial charge in [0.15, 0.2) is 0 Å². The van der Waals surface area contributed by atoms with Crippen LogP contribution in [0, 0.1) is 13.8 Å². The molecule has 0 saturated carbocycles. The highest BCUT2D eigenvalue weighted by Crippen LogP contribution is 2.34. The lowest BCUT2D eigenvalue weighted by molar-refractivity contribution is -0.131. The van der Waals surface area contributed by atoms with E-state index >= 15 is 0 Å². The summed E-state index contributed by atoms with van der Waals surface area (Å²) in [6, 6.07) is 5.56. The first-order valence-electron chi connectivity index (χ1n) is 6.88. The molecule has 1 aromatic rings. The minimum absolute atomic E-state index is 0.206. The van der Waals surface area contributed by atoms with Crippen LogP contribution in [0.5, 0.6) is 0 Å². The van der Waals surface area contributed by atoms with Crippen molar-refractivity contribution in [2.24, 2.45) is 5.73 Å². The summed E-state index contributed by atoms with van der Waals surface area (Å²) in [5.74, 6) is -0.206. The molecule has 20 heavy (non-hydrogen) atoms. The fourth-order valence-corrected chi connectivity index (χ4v) is 2.86. The topological polar surface area (TPSA) is 75.4 Å². The Balaban J connectivity index is 2.50. The maximum Gasteiger partial charge on any atom is 0.325 e. The SMILES string of the molecule is CCC1(c2ccc(C)cc2C)NC(=O)N(CCN)C1=O. The van der Waals surface area contributed by atoms with Crippen LogP contribution >= 0.6 is 0 Å². The van der Waals surface area contributed by atoms with Gasteiger partial charge < -0.3 is 11.1 Å². The van der Waals surface area contributed by atoms with E-state index in [2.05, 4.69) is 5.32 Å². The van der Waals surface area contributed by atoms with E-state index in [4.69, 9.17) is 5.73 Å². The molecule has 0 aromatic heterocycles. The molecule has 0 bridgehead atoms. The number of hydrogen-bond donors (Lipinski definition) is 2. The van der Waals surface area contributed by atoms with Crippen LogP contribution in [0.2, 0.25) is 0 Å². The number of urea groups is 1. The summed E-state index contributed by atoms with van der Waals surface area (Å²) in [5, 5.41) is 2.86. The molecular formula is C15H21N3O2. The van der Waals surface area contributed by atoms with E-state index in [0.717, 1.165) is 16.7 Å². The summed E-state index contributed by atoms with van der Waals surface area (Å²) < 4.78 is 0. The van der Waals surface area contributed by atoms with Crippen molar-refractivity contribution < 1.29 is 9.59 Å². The normalized spacial score (nSPS) is 22.3. The molecule has 5 heteroatoms. The molecule has 1 aliphatic rings. The van der Waals surface area contributed by atoms with E-state index in [-0.39, 0.29) is 25.0 Å². The molecule has 1 heterocycles. The Morgan fingerprint density at radius 3 is 2.55 bits per heavy atom. The Bertz CT molecular complexity index is 556. The van der Waals surface area contributed by atoms with Crippen LogP contribution in [-0.4, -0.2) is 29.9 Å². The lowest BCUT2D eigenvalue weighted by atomic mass is 9.84. The molecule has 1 saturated heterocycles. The van der Waals surface area contributed by atoms with E-state index in [0.29, 0.717) is 6.42 Å². The lowest BCUT2D eigenvalue weighted by Crippen LogP contribution is -2.44. The van der Waals surface area contributed by atoms with Gasteiger partial charge in [-0.1, -0.05) is 30.7 Å². The van der Waals surface area contributed by atoms with Crippen molar-refractivity contribution in [1.82, 2.24) is 10.2 Å². The highest BCUT2D eigenvalue weighted by Gasteiger charge is 2.51. The maximum atomic E-state index is 12.7. The highest BCUT2D eigenvalue weighted by molar-refractivity contribution is 6.07. The lowest BCUT2D eigenvalue weighted by Gasteiger charge is -2.27. The van der Waals surface area contributed by atoms with E-state index in [1.807, 2.05) is 39.0 Å². The number of carbonyl (C=O) groups is 2. The van der Waals surface area contributed by atoms with Crippen molar-refractivity contribution >= 4 is 11.9 Å². The van der Waals surface area contributed by atoms with Crippen LogP contribution in [0.1, 0.15) is 30.0 Å². The van der Waals surface area contributed by atoms with Crippen LogP contribution in [0.4, 0.5) is 4.79 Å². The third kappa shape index (κ3) is 2.08. The molecule has 108 valence electrons. The second-order valence-corrected chi connectivity index (χ2v) is 5.25. The first-order chi connectivity index (χ1) is 9.46. The summed E-state index contributed by atoms with van der Waals surface area (Å²) >= 11 is 0. The van der Waals surface area contributed by atoms with Gasteiger partial charge in [-0.25, -0.2) is 4.79 Å².